The van der Waals surface area contributed by atoms with Gasteiger partial charge in [-0.25, -0.2) is 9.97 Å². The summed E-state index contributed by atoms with van der Waals surface area (Å²) in [6.07, 6.45) is 3.64. The van der Waals surface area contributed by atoms with E-state index in [9.17, 15) is 4.79 Å². The highest BCUT2D eigenvalue weighted by molar-refractivity contribution is 6.31. The van der Waals surface area contributed by atoms with E-state index >= 15 is 0 Å². The zero-order valence-corrected chi connectivity index (χ0v) is 13.6. The molecule has 0 saturated heterocycles. The Bertz CT molecular complexity index is 747. The van der Waals surface area contributed by atoms with E-state index in [2.05, 4.69) is 20.6 Å². The average Bonchev–Trinajstić information content (AvgIpc) is 3.35. The molecule has 0 radical (unpaired) electrons. The van der Waals surface area contributed by atoms with Crippen LogP contribution in [0.3, 0.4) is 0 Å². The first kappa shape index (κ1) is 15.6. The summed E-state index contributed by atoms with van der Waals surface area (Å²) in [7, 11) is 1.53. The molecule has 0 aliphatic heterocycles. The van der Waals surface area contributed by atoms with Crippen LogP contribution in [0.5, 0.6) is 5.75 Å². The molecule has 0 spiro atoms. The number of amides is 1. The minimum absolute atomic E-state index is 0.290. The van der Waals surface area contributed by atoms with Crippen molar-refractivity contribution in [3.63, 3.8) is 0 Å². The van der Waals surface area contributed by atoms with Crippen LogP contribution in [0.25, 0.3) is 0 Å². The predicted octanol–water partition coefficient (Wildman–Crippen LogP) is 3.27. The first-order valence-electron chi connectivity index (χ1n) is 7.31. The van der Waals surface area contributed by atoms with Crippen LogP contribution in [0.15, 0.2) is 24.5 Å². The molecule has 120 valence electrons. The predicted molar refractivity (Wildman–Crippen MR) is 89.4 cm³/mol. The van der Waals surface area contributed by atoms with Crippen molar-refractivity contribution in [2.75, 3.05) is 17.7 Å². The fraction of sp³-hybridized carbons (Fsp3) is 0.312. The summed E-state index contributed by atoms with van der Waals surface area (Å²) in [6.45, 7) is 1.86. The lowest BCUT2D eigenvalue weighted by Crippen LogP contribution is -2.15. The number of hydrogen-bond acceptors (Lipinski definition) is 5. The second-order valence-corrected chi connectivity index (χ2v) is 5.87. The number of halogens is 1. The topological polar surface area (TPSA) is 76.1 Å². The van der Waals surface area contributed by atoms with Crippen molar-refractivity contribution < 1.29 is 9.53 Å². The molecule has 3 rings (SSSR count). The first-order chi connectivity index (χ1) is 11.1. The molecule has 1 heterocycles. The molecule has 0 bridgehead atoms. The summed E-state index contributed by atoms with van der Waals surface area (Å²) in [5.41, 5.74) is 1.69. The normalized spacial score (nSPS) is 13.5. The number of nitrogens with zero attached hydrogens (tertiary/aromatic N) is 2. The molecule has 0 unspecified atom stereocenters. The van der Waals surface area contributed by atoms with E-state index in [0.29, 0.717) is 28.3 Å². The molecule has 2 N–H and O–H groups in total. The summed E-state index contributed by atoms with van der Waals surface area (Å²) in [5.74, 6) is 0.831. The van der Waals surface area contributed by atoms with Crippen LogP contribution in [0.4, 0.5) is 11.5 Å². The molecule has 1 saturated carbocycles. The maximum atomic E-state index is 12.4. The van der Waals surface area contributed by atoms with E-state index in [4.69, 9.17) is 16.3 Å². The van der Waals surface area contributed by atoms with Gasteiger partial charge in [-0.1, -0.05) is 11.6 Å². The monoisotopic (exact) mass is 332 g/mol. The largest absolute Gasteiger partial charge is 0.495 e. The summed E-state index contributed by atoms with van der Waals surface area (Å²) in [5, 5.41) is 6.62. The van der Waals surface area contributed by atoms with Crippen molar-refractivity contribution in [2.45, 2.75) is 25.8 Å². The first-order valence-corrected chi connectivity index (χ1v) is 7.68. The Balaban J connectivity index is 1.80. The smallest absolute Gasteiger partial charge is 0.274 e. The van der Waals surface area contributed by atoms with Crippen molar-refractivity contribution in [2.24, 2.45) is 0 Å². The third-order valence-corrected chi connectivity index (χ3v) is 3.97. The van der Waals surface area contributed by atoms with Crippen LogP contribution in [-0.4, -0.2) is 29.0 Å². The van der Waals surface area contributed by atoms with Gasteiger partial charge in [0.15, 0.2) is 0 Å². The molecule has 1 aromatic carbocycles. The minimum atomic E-state index is -0.328. The van der Waals surface area contributed by atoms with Gasteiger partial charge in [0.1, 0.15) is 23.6 Å². The maximum absolute atomic E-state index is 12.4. The van der Waals surface area contributed by atoms with Crippen molar-refractivity contribution >= 4 is 29.0 Å². The lowest BCUT2D eigenvalue weighted by molar-refractivity contribution is 0.102. The van der Waals surface area contributed by atoms with E-state index in [-0.39, 0.29) is 11.6 Å². The van der Waals surface area contributed by atoms with Crippen LogP contribution in [-0.2, 0) is 0 Å². The molecular formula is C16H17ClN4O2. The quantitative estimate of drug-likeness (QED) is 0.878. The van der Waals surface area contributed by atoms with Crippen molar-refractivity contribution in [3.8, 4) is 5.75 Å². The van der Waals surface area contributed by atoms with E-state index in [1.807, 2.05) is 6.92 Å². The molecule has 2 aromatic rings. The molecule has 7 heteroatoms. The zero-order chi connectivity index (χ0) is 16.4. The summed E-state index contributed by atoms with van der Waals surface area (Å²) >= 11 is 6.07. The van der Waals surface area contributed by atoms with Crippen molar-refractivity contribution in [1.29, 1.82) is 0 Å². The number of anilines is 2. The third kappa shape index (κ3) is 3.71. The van der Waals surface area contributed by atoms with Gasteiger partial charge in [0, 0.05) is 23.2 Å². The second kappa shape index (κ2) is 6.42. The fourth-order valence-corrected chi connectivity index (χ4v) is 2.27. The number of methoxy groups -OCH3 is 1. The molecule has 1 aliphatic carbocycles. The number of benzene rings is 1. The summed E-state index contributed by atoms with van der Waals surface area (Å²) in [4.78, 5) is 20.6. The number of nitrogens with one attached hydrogen (secondary N) is 2. The van der Waals surface area contributed by atoms with Crippen molar-refractivity contribution in [1.82, 2.24) is 9.97 Å². The van der Waals surface area contributed by atoms with Gasteiger partial charge in [-0.3, -0.25) is 4.79 Å². The fourth-order valence-electron chi connectivity index (χ4n) is 2.11. The van der Waals surface area contributed by atoms with Gasteiger partial charge in [0.05, 0.1) is 12.8 Å². The Morgan fingerprint density at radius 1 is 1.30 bits per heavy atom. The van der Waals surface area contributed by atoms with Gasteiger partial charge >= 0.3 is 0 Å². The Labute approximate surface area is 139 Å². The number of ether oxygens (including phenoxy) is 1. The molecule has 6 nitrogen and oxygen atoms in total. The zero-order valence-electron chi connectivity index (χ0n) is 12.9. The number of carbonyl (C=O) groups is 1. The van der Waals surface area contributed by atoms with E-state index in [1.165, 1.54) is 13.4 Å². The second-order valence-electron chi connectivity index (χ2n) is 5.46. The van der Waals surface area contributed by atoms with E-state index in [1.54, 1.807) is 18.2 Å². The van der Waals surface area contributed by atoms with Crippen LogP contribution in [0, 0.1) is 6.92 Å². The minimum Gasteiger partial charge on any atom is -0.495 e. The Hall–Kier alpha value is -2.34. The molecular weight excluding hydrogens is 316 g/mol. The van der Waals surface area contributed by atoms with E-state index < -0.39 is 0 Å². The standard InChI is InChI=1S/C16H17ClN4O2/c1-9-5-12(14(23-2)6-11(9)17)21-16(22)13-7-15(19-8-18-13)20-10-3-4-10/h5-8,10H,3-4H2,1-2H3,(H,21,22)(H,18,19,20). The summed E-state index contributed by atoms with van der Waals surface area (Å²) < 4.78 is 5.26. The molecule has 1 fully saturated rings. The van der Waals surface area contributed by atoms with Gasteiger partial charge < -0.3 is 15.4 Å². The van der Waals surface area contributed by atoms with Crippen LogP contribution in [0.1, 0.15) is 28.9 Å². The number of carbonyl (C=O) groups excluding carboxylic acids is 1. The van der Waals surface area contributed by atoms with Gasteiger partial charge in [0.25, 0.3) is 5.91 Å². The number of rotatable bonds is 5. The van der Waals surface area contributed by atoms with Gasteiger partial charge in [-0.15, -0.1) is 0 Å². The Morgan fingerprint density at radius 3 is 2.78 bits per heavy atom. The number of hydrogen-bond donors (Lipinski definition) is 2. The van der Waals surface area contributed by atoms with Crippen LogP contribution in [0.2, 0.25) is 5.02 Å². The van der Waals surface area contributed by atoms with E-state index in [0.717, 1.165) is 18.4 Å². The number of aromatic nitrogens is 2. The van der Waals surface area contributed by atoms with Crippen molar-refractivity contribution in [3.05, 3.63) is 40.8 Å². The Morgan fingerprint density at radius 2 is 2.09 bits per heavy atom. The van der Waals surface area contributed by atoms with Gasteiger partial charge in [-0.05, 0) is 31.4 Å². The lowest BCUT2D eigenvalue weighted by Gasteiger charge is -2.12. The average molecular weight is 333 g/mol. The third-order valence-electron chi connectivity index (χ3n) is 3.56. The molecule has 23 heavy (non-hydrogen) atoms. The van der Waals surface area contributed by atoms with Crippen LogP contribution >= 0.6 is 11.6 Å². The SMILES string of the molecule is COc1cc(Cl)c(C)cc1NC(=O)c1cc(NC2CC2)ncn1. The molecule has 0 atom stereocenters. The number of aryl methyl sites for hydroxylation is 1. The highest BCUT2D eigenvalue weighted by atomic mass is 35.5. The highest BCUT2D eigenvalue weighted by Crippen LogP contribution is 2.31. The molecule has 1 aromatic heterocycles. The molecule has 1 aliphatic rings. The maximum Gasteiger partial charge on any atom is 0.274 e. The van der Waals surface area contributed by atoms with Gasteiger partial charge in [-0.2, -0.15) is 0 Å². The van der Waals surface area contributed by atoms with Gasteiger partial charge in [0.2, 0.25) is 0 Å². The highest BCUT2D eigenvalue weighted by Gasteiger charge is 2.22. The molecule has 1 amide bonds. The van der Waals surface area contributed by atoms with Crippen LogP contribution < -0.4 is 15.4 Å². The lowest BCUT2D eigenvalue weighted by atomic mass is 10.2. The summed E-state index contributed by atoms with van der Waals surface area (Å²) in [6, 6.07) is 5.54. The Kier molecular flexibility index (Phi) is 4.34.